The molecule has 1 N–H and O–H groups in total. The molecule has 2 fully saturated rings. The summed E-state index contributed by atoms with van der Waals surface area (Å²) in [7, 11) is 0. The van der Waals surface area contributed by atoms with Crippen LogP contribution >= 0.6 is 11.8 Å². The van der Waals surface area contributed by atoms with Gasteiger partial charge in [-0.25, -0.2) is 4.39 Å². The molecule has 144 valence electrons. The Hall–Kier alpha value is -1.07. The molecule has 1 saturated carbocycles. The van der Waals surface area contributed by atoms with Gasteiger partial charge >= 0.3 is 0 Å². The highest BCUT2D eigenvalue weighted by Gasteiger charge is 2.25. The Morgan fingerprint density at radius 1 is 1.12 bits per heavy atom. The predicted octanol–water partition coefficient (Wildman–Crippen LogP) is 4.22. The minimum Gasteiger partial charge on any atom is -0.355 e. The minimum atomic E-state index is -0.198. The van der Waals surface area contributed by atoms with Gasteiger partial charge in [0.2, 0.25) is 5.91 Å². The largest absolute Gasteiger partial charge is 0.355 e. The summed E-state index contributed by atoms with van der Waals surface area (Å²) in [4.78, 5) is 14.8. The van der Waals surface area contributed by atoms with Crippen LogP contribution in [0.1, 0.15) is 50.5 Å². The molecule has 1 amide bonds. The molecule has 1 aromatic carbocycles. The fourth-order valence-electron chi connectivity index (χ4n) is 4.04. The molecule has 1 aliphatic heterocycles. The molecule has 0 radical (unpaired) electrons. The lowest BCUT2D eigenvalue weighted by atomic mass is 9.96. The van der Waals surface area contributed by atoms with E-state index in [-0.39, 0.29) is 17.6 Å². The SMILES string of the molecule is O=C(NCCSC1CCCCC1)C1CCCN(Cc2ccc(F)cc2)C1. The summed E-state index contributed by atoms with van der Waals surface area (Å²) in [5, 5.41) is 3.95. The zero-order valence-corrected chi connectivity index (χ0v) is 16.4. The number of thioether (sulfide) groups is 1. The van der Waals surface area contributed by atoms with E-state index in [4.69, 9.17) is 0 Å². The third-order valence-electron chi connectivity index (χ3n) is 5.50. The number of nitrogens with zero attached hydrogens (tertiary/aromatic N) is 1. The first-order valence-electron chi connectivity index (χ1n) is 10.1. The molecule has 3 nitrogen and oxygen atoms in total. The number of hydrogen-bond donors (Lipinski definition) is 1. The average Bonchev–Trinajstić information content (AvgIpc) is 2.68. The number of benzene rings is 1. The van der Waals surface area contributed by atoms with Crippen molar-refractivity contribution in [2.45, 2.75) is 56.7 Å². The highest BCUT2D eigenvalue weighted by atomic mass is 32.2. The van der Waals surface area contributed by atoms with Crippen molar-refractivity contribution in [1.82, 2.24) is 10.2 Å². The molecule has 0 spiro atoms. The van der Waals surface area contributed by atoms with Gasteiger partial charge in [0.15, 0.2) is 0 Å². The van der Waals surface area contributed by atoms with E-state index in [1.54, 1.807) is 0 Å². The first kappa shape index (κ1) is 19.7. The number of halogens is 1. The number of amides is 1. The lowest BCUT2D eigenvalue weighted by Crippen LogP contribution is -2.43. The normalized spacial score (nSPS) is 22.3. The minimum absolute atomic E-state index is 0.0869. The smallest absolute Gasteiger partial charge is 0.224 e. The Balaban J connectivity index is 1.36. The van der Waals surface area contributed by atoms with Crippen molar-refractivity contribution in [3.8, 4) is 0 Å². The van der Waals surface area contributed by atoms with Gasteiger partial charge in [-0.05, 0) is 49.9 Å². The lowest BCUT2D eigenvalue weighted by Gasteiger charge is -2.32. The fourth-order valence-corrected chi connectivity index (χ4v) is 5.26. The van der Waals surface area contributed by atoms with Crippen molar-refractivity contribution in [3.63, 3.8) is 0 Å². The molecule has 2 aliphatic rings. The summed E-state index contributed by atoms with van der Waals surface area (Å²) in [6.45, 7) is 3.40. The van der Waals surface area contributed by atoms with Crippen molar-refractivity contribution in [2.75, 3.05) is 25.4 Å². The van der Waals surface area contributed by atoms with Crippen molar-refractivity contribution >= 4 is 17.7 Å². The van der Waals surface area contributed by atoms with E-state index < -0.39 is 0 Å². The molecule has 1 atom stereocenters. The zero-order valence-electron chi connectivity index (χ0n) is 15.6. The number of hydrogen-bond acceptors (Lipinski definition) is 3. The van der Waals surface area contributed by atoms with E-state index in [0.717, 1.165) is 55.6 Å². The van der Waals surface area contributed by atoms with Gasteiger partial charge in [0.1, 0.15) is 5.82 Å². The van der Waals surface area contributed by atoms with E-state index in [0.29, 0.717) is 0 Å². The Bertz CT molecular complexity index is 560. The van der Waals surface area contributed by atoms with Crippen LogP contribution < -0.4 is 5.32 Å². The molecule has 1 unspecified atom stereocenters. The van der Waals surface area contributed by atoms with Crippen LogP contribution in [0.15, 0.2) is 24.3 Å². The van der Waals surface area contributed by atoms with E-state index in [9.17, 15) is 9.18 Å². The molecule has 0 aromatic heterocycles. The summed E-state index contributed by atoms with van der Waals surface area (Å²) in [6.07, 6.45) is 8.85. The second-order valence-corrected chi connectivity index (χ2v) is 9.03. The van der Waals surface area contributed by atoms with Gasteiger partial charge in [-0.2, -0.15) is 11.8 Å². The van der Waals surface area contributed by atoms with Crippen LogP contribution in [0.4, 0.5) is 4.39 Å². The first-order valence-corrected chi connectivity index (χ1v) is 11.1. The van der Waals surface area contributed by atoms with Crippen molar-refractivity contribution in [1.29, 1.82) is 0 Å². The van der Waals surface area contributed by atoms with Gasteiger partial charge in [0.05, 0.1) is 5.92 Å². The number of carbonyl (C=O) groups excluding carboxylic acids is 1. The third kappa shape index (κ3) is 6.27. The van der Waals surface area contributed by atoms with Gasteiger partial charge in [-0.3, -0.25) is 9.69 Å². The fraction of sp³-hybridized carbons (Fsp3) is 0.667. The molecule has 3 rings (SSSR count). The van der Waals surface area contributed by atoms with Crippen LogP contribution in [0.25, 0.3) is 0 Å². The third-order valence-corrected chi connectivity index (χ3v) is 6.89. The number of nitrogens with one attached hydrogen (secondary N) is 1. The highest BCUT2D eigenvalue weighted by molar-refractivity contribution is 7.99. The Morgan fingerprint density at radius 2 is 1.88 bits per heavy atom. The standard InChI is InChI=1S/C21H31FN2OS/c22-19-10-8-17(9-11-19)15-24-13-4-5-18(16-24)21(25)23-12-14-26-20-6-2-1-3-7-20/h8-11,18,20H,1-7,12-16H2,(H,23,25). The molecular formula is C21H31FN2OS. The topological polar surface area (TPSA) is 32.3 Å². The Labute approximate surface area is 161 Å². The zero-order chi connectivity index (χ0) is 18.2. The van der Waals surface area contributed by atoms with Crippen molar-refractivity contribution in [3.05, 3.63) is 35.6 Å². The van der Waals surface area contributed by atoms with Crippen LogP contribution in [0.5, 0.6) is 0 Å². The van der Waals surface area contributed by atoms with Gasteiger partial charge < -0.3 is 5.32 Å². The number of likely N-dealkylation sites (tertiary alicyclic amines) is 1. The van der Waals surface area contributed by atoms with E-state index in [2.05, 4.69) is 10.2 Å². The number of rotatable bonds is 7. The van der Waals surface area contributed by atoms with E-state index >= 15 is 0 Å². The van der Waals surface area contributed by atoms with Gasteiger partial charge in [-0.1, -0.05) is 31.4 Å². The maximum atomic E-state index is 13.0. The van der Waals surface area contributed by atoms with Crippen LogP contribution in [0.3, 0.4) is 0 Å². The highest BCUT2D eigenvalue weighted by Crippen LogP contribution is 2.27. The molecule has 1 heterocycles. The molecule has 26 heavy (non-hydrogen) atoms. The monoisotopic (exact) mass is 378 g/mol. The quantitative estimate of drug-likeness (QED) is 0.721. The van der Waals surface area contributed by atoms with Crippen LogP contribution in [-0.2, 0) is 11.3 Å². The second kappa shape index (κ2) is 10.3. The lowest BCUT2D eigenvalue weighted by molar-refractivity contribution is -0.126. The Kier molecular flexibility index (Phi) is 7.81. The summed E-state index contributed by atoms with van der Waals surface area (Å²) in [5.41, 5.74) is 1.11. The molecule has 1 saturated heterocycles. The summed E-state index contributed by atoms with van der Waals surface area (Å²) in [5.74, 6) is 1.13. The van der Waals surface area contributed by atoms with Gasteiger partial charge in [0.25, 0.3) is 0 Å². The van der Waals surface area contributed by atoms with E-state index in [1.807, 2.05) is 23.9 Å². The maximum Gasteiger partial charge on any atom is 0.224 e. The van der Waals surface area contributed by atoms with Crippen molar-refractivity contribution in [2.24, 2.45) is 5.92 Å². The molecule has 0 bridgehead atoms. The average molecular weight is 379 g/mol. The molecule has 5 heteroatoms. The summed E-state index contributed by atoms with van der Waals surface area (Å²) in [6, 6.07) is 6.68. The second-order valence-electron chi connectivity index (χ2n) is 7.62. The summed E-state index contributed by atoms with van der Waals surface area (Å²) >= 11 is 2.03. The molecule has 1 aromatic rings. The predicted molar refractivity (Wildman–Crippen MR) is 107 cm³/mol. The van der Waals surface area contributed by atoms with E-state index in [1.165, 1.54) is 44.2 Å². The van der Waals surface area contributed by atoms with Crippen molar-refractivity contribution < 1.29 is 9.18 Å². The van der Waals surface area contributed by atoms with Crippen LogP contribution in [-0.4, -0.2) is 41.4 Å². The number of piperidine rings is 1. The maximum absolute atomic E-state index is 13.0. The van der Waals surface area contributed by atoms with Gasteiger partial charge in [0, 0.05) is 30.6 Å². The van der Waals surface area contributed by atoms with Gasteiger partial charge in [-0.15, -0.1) is 0 Å². The Morgan fingerprint density at radius 3 is 2.65 bits per heavy atom. The van der Waals surface area contributed by atoms with Crippen LogP contribution in [0, 0.1) is 11.7 Å². The van der Waals surface area contributed by atoms with Crippen LogP contribution in [0.2, 0.25) is 0 Å². The molecular weight excluding hydrogens is 347 g/mol. The number of carbonyl (C=O) groups is 1. The summed E-state index contributed by atoms with van der Waals surface area (Å²) < 4.78 is 13.0. The first-order chi connectivity index (χ1) is 12.7. The molecule has 1 aliphatic carbocycles.